The van der Waals surface area contributed by atoms with Crippen LogP contribution in [0.3, 0.4) is 0 Å². The largest absolute Gasteiger partial charge is 0.351 e. The van der Waals surface area contributed by atoms with E-state index in [2.05, 4.69) is 44.4 Å². The Kier molecular flexibility index (Phi) is 4.26. The fourth-order valence-corrected chi connectivity index (χ4v) is 3.99. The first-order valence-corrected chi connectivity index (χ1v) is 9.68. The molecule has 2 aromatic heterocycles. The van der Waals surface area contributed by atoms with Crippen molar-refractivity contribution in [3.05, 3.63) is 59.7 Å². The Bertz CT molecular complexity index is 1050. The molecule has 3 aromatic rings. The summed E-state index contributed by atoms with van der Waals surface area (Å²) < 4.78 is 0. The van der Waals surface area contributed by atoms with Gasteiger partial charge in [0, 0.05) is 30.2 Å². The molecule has 2 aliphatic rings. The number of likely N-dealkylation sites (tertiary alicyclic amines) is 1. The number of nitrogens with one attached hydrogen (secondary N) is 1. The molecule has 1 aliphatic heterocycles. The molecule has 7 nitrogen and oxygen atoms in total. The predicted molar refractivity (Wildman–Crippen MR) is 110 cm³/mol. The van der Waals surface area contributed by atoms with Crippen molar-refractivity contribution in [3.63, 3.8) is 0 Å². The summed E-state index contributed by atoms with van der Waals surface area (Å²) in [4.78, 5) is 20.4. The number of rotatable bonds is 3. The van der Waals surface area contributed by atoms with Gasteiger partial charge in [0.05, 0.1) is 22.8 Å². The molecular weight excluding hydrogens is 350 g/mol. The summed E-state index contributed by atoms with van der Waals surface area (Å²) >= 11 is 0. The molecular formula is C21H23N7. The number of hydrogen-bond acceptors (Lipinski definition) is 7. The van der Waals surface area contributed by atoms with E-state index in [1.165, 1.54) is 0 Å². The SMILES string of the molecule is CN1CCC(Nc2ncc3c(n2)[C@@H](N)C=C3c2ccc3nccnc3c2)CC1. The van der Waals surface area contributed by atoms with Gasteiger partial charge in [0.25, 0.3) is 0 Å². The zero-order valence-corrected chi connectivity index (χ0v) is 15.8. The molecule has 0 spiro atoms. The number of nitrogens with zero attached hydrogens (tertiary/aromatic N) is 5. The van der Waals surface area contributed by atoms with Gasteiger partial charge in [-0.25, -0.2) is 9.97 Å². The number of piperidine rings is 1. The molecule has 28 heavy (non-hydrogen) atoms. The van der Waals surface area contributed by atoms with Crippen LogP contribution in [0.1, 0.15) is 35.7 Å². The van der Waals surface area contributed by atoms with Crippen molar-refractivity contribution in [2.75, 3.05) is 25.5 Å². The van der Waals surface area contributed by atoms with Crippen LogP contribution in [0.4, 0.5) is 5.95 Å². The highest BCUT2D eigenvalue weighted by atomic mass is 15.2. The van der Waals surface area contributed by atoms with E-state index in [1.807, 2.05) is 18.3 Å². The summed E-state index contributed by atoms with van der Waals surface area (Å²) in [6.07, 6.45) is 9.55. The lowest BCUT2D eigenvalue weighted by molar-refractivity contribution is 0.263. The zero-order chi connectivity index (χ0) is 19.1. The van der Waals surface area contributed by atoms with Crippen molar-refractivity contribution in [3.8, 4) is 0 Å². The monoisotopic (exact) mass is 373 g/mol. The fraction of sp³-hybridized carbons (Fsp3) is 0.333. The van der Waals surface area contributed by atoms with E-state index in [-0.39, 0.29) is 6.04 Å². The molecule has 0 bridgehead atoms. The van der Waals surface area contributed by atoms with Crippen LogP contribution in [-0.2, 0) is 0 Å². The zero-order valence-electron chi connectivity index (χ0n) is 15.8. The maximum absolute atomic E-state index is 6.38. The van der Waals surface area contributed by atoms with E-state index < -0.39 is 0 Å². The van der Waals surface area contributed by atoms with Crippen LogP contribution in [0.5, 0.6) is 0 Å². The molecule has 0 saturated carbocycles. The van der Waals surface area contributed by atoms with Gasteiger partial charge in [0.2, 0.25) is 5.95 Å². The van der Waals surface area contributed by atoms with Gasteiger partial charge < -0.3 is 16.0 Å². The van der Waals surface area contributed by atoms with E-state index >= 15 is 0 Å². The normalized spacial score (nSPS) is 20.2. The second-order valence-corrected chi connectivity index (χ2v) is 7.58. The Morgan fingerprint density at radius 3 is 2.68 bits per heavy atom. The van der Waals surface area contributed by atoms with Crippen molar-refractivity contribution in [1.29, 1.82) is 0 Å². The van der Waals surface area contributed by atoms with E-state index in [0.29, 0.717) is 12.0 Å². The van der Waals surface area contributed by atoms with E-state index in [0.717, 1.165) is 59.4 Å². The predicted octanol–water partition coefficient (Wildman–Crippen LogP) is 2.37. The molecule has 3 heterocycles. The smallest absolute Gasteiger partial charge is 0.223 e. The first-order valence-electron chi connectivity index (χ1n) is 9.68. The third-order valence-corrected chi connectivity index (χ3v) is 5.60. The minimum Gasteiger partial charge on any atom is -0.351 e. The Morgan fingerprint density at radius 2 is 1.86 bits per heavy atom. The van der Waals surface area contributed by atoms with Crippen LogP contribution in [0, 0.1) is 0 Å². The van der Waals surface area contributed by atoms with Gasteiger partial charge in [-0.1, -0.05) is 12.1 Å². The second-order valence-electron chi connectivity index (χ2n) is 7.58. The highest BCUT2D eigenvalue weighted by Crippen LogP contribution is 2.36. The Balaban J connectivity index is 1.42. The minimum absolute atomic E-state index is 0.233. The molecule has 1 atom stereocenters. The van der Waals surface area contributed by atoms with E-state index in [9.17, 15) is 0 Å². The van der Waals surface area contributed by atoms with Crippen molar-refractivity contribution >= 4 is 22.6 Å². The molecule has 1 aliphatic carbocycles. The summed E-state index contributed by atoms with van der Waals surface area (Å²) in [5, 5.41) is 3.48. The summed E-state index contributed by atoms with van der Waals surface area (Å²) in [5.74, 6) is 0.669. The average molecular weight is 373 g/mol. The first-order chi connectivity index (χ1) is 13.7. The highest BCUT2D eigenvalue weighted by molar-refractivity contribution is 5.88. The standard InChI is InChI=1S/C21H23N7/c1-28-8-4-14(5-9-28)26-21-25-12-16-15(11-17(22)20(16)27-21)13-2-3-18-19(10-13)24-7-6-23-18/h2-3,6-7,10-12,14,17H,4-5,8-9,22H2,1H3,(H,25,26,27)/t17-/m0/s1. The Morgan fingerprint density at radius 1 is 1.07 bits per heavy atom. The van der Waals surface area contributed by atoms with E-state index in [1.54, 1.807) is 12.4 Å². The van der Waals surface area contributed by atoms with Gasteiger partial charge in [0.15, 0.2) is 0 Å². The number of fused-ring (bicyclic) bond motifs is 2. The van der Waals surface area contributed by atoms with Gasteiger partial charge in [-0.2, -0.15) is 0 Å². The molecule has 3 N–H and O–H groups in total. The minimum atomic E-state index is -0.233. The Hall–Kier alpha value is -2.90. The van der Waals surface area contributed by atoms with Crippen LogP contribution in [0.25, 0.3) is 16.6 Å². The lowest BCUT2D eigenvalue weighted by Crippen LogP contribution is -2.37. The molecule has 1 fully saturated rings. The lowest BCUT2D eigenvalue weighted by atomic mass is 10.0. The second kappa shape index (κ2) is 6.92. The molecule has 0 unspecified atom stereocenters. The van der Waals surface area contributed by atoms with Gasteiger partial charge >= 0.3 is 0 Å². The first kappa shape index (κ1) is 17.2. The number of hydrogen-bond donors (Lipinski definition) is 2. The number of nitrogens with two attached hydrogens (primary N) is 1. The number of benzene rings is 1. The Labute approximate surface area is 163 Å². The summed E-state index contributed by atoms with van der Waals surface area (Å²) in [5.41, 5.74) is 12.1. The molecule has 1 aromatic carbocycles. The highest BCUT2D eigenvalue weighted by Gasteiger charge is 2.25. The van der Waals surface area contributed by atoms with Crippen molar-refractivity contribution < 1.29 is 0 Å². The molecule has 1 saturated heterocycles. The molecule has 5 rings (SSSR count). The van der Waals surface area contributed by atoms with Crippen LogP contribution in [0.2, 0.25) is 0 Å². The lowest BCUT2D eigenvalue weighted by Gasteiger charge is -2.29. The molecule has 7 heteroatoms. The third kappa shape index (κ3) is 3.12. The van der Waals surface area contributed by atoms with Crippen LogP contribution in [-0.4, -0.2) is 51.0 Å². The quantitative estimate of drug-likeness (QED) is 0.728. The van der Waals surface area contributed by atoms with Crippen LogP contribution < -0.4 is 11.1 Å². The molecule has 0 radical (unpaired) electrons. The van der Waals surface area contributed by atoms with Gasteiger partial charge in [-0.15, -0.1) is 0 Å². The number of aromatic nitrogens is 4. The van der Waals surface area contributed by atoms with Crippen LogP contribution in [0.15, 0.2) is 42.9 Å². The maximum atomic E-state index is 6.38. The number of anilines is 1. The van der Waals surface area contributed by atoms with Crippen molar-refractivity contribution in [1.82, 2.24) is 24.8 Å². The van der Waals surface area contributed by atoms with Gasteiger partial charge in [-0.3, -0.25) is 9.97 Å². The van der Waals surface area contributed by atoms with Crippen molar-refractivity contribution in [2.45, 2.75) is 24.9 Å². The average Bonchev–Trinajstić information content (AvgIpc) is 3.05. The molecule has 0 amide bonds. The summed E-state index contributed by atoms with van der Waals surface area (Å²) in [7, 11) is 2.16. The van der Waals surface area contributed by atoms with Gasteiger partial charge in [0.1, 0.15) is 0 Å². The topological polar surface area (TPSA) is 92.8 Å². The fourth-order valence-electron chi connectivity index (χ4n) is 3.99. The van der Waals surface area contributed by atoms with Crippen molar-refractivity contribution in [2.24, 2.45) is 5.73 Å². The summed E-state index contributed by atoms with van der Waals surface area (Å²) in [6.45, 7) is 2.19. The van der Waals surface area contributed by atoms with E-state index in [4.69, 9.17) is 10.7 Å². The summed E-state index contributed by atoms with van der Waals surface area (Å²) in [6, 6.07) is 6.26. The molecule has 142 valence electrons. The van der Waals surface area contributed by atoms with Gasteiger partial charge in [-0.05, 0) is 56.2 Å². The van der Waals surface area contributed by atoms with Crippen LogP contribution >= 0.6 is 0 Å². The maximum Gasteiger partial charge on any atom is 0.223 e. The third-order valence-electron chi connectivity index (χ3n) is 5.60.